The first-order valence-corrected chi connectivity index (χ1v) is 11.2. The van der Waals surface area contributed by atoms with Crippen molar-refractivity contribution < 1.29 is 9.53 Å². The third-order valence-electron chi connectivity index (χ3n) is 6.02. The Hall–Kier alpha value is -3.70. The maximum Gasteiger partial charge on any atom is 0.323 e. The molecule has 1 atom stereocenters. The Bertz CT molecular complexity index is 1310. The predicted molar refractivity (Wildman–Crippen MR) is 131 cm³/mol. The number of fused-ring (bicyclic) bond motifs is 3. The van der Waals surface area contributed by atoms with Gasteiger partial charge in [-0.2, -0.15) is 0 Å². The summed E-state index contributed by atoms with van der Waals surface area (Å²) in [5.41, 5.74) is 5.91. The third-order valence-corrected chi connectivity index (χ3v) is 6.26. The van der Waals surface area contributed by atoms with Crippen LogP contribution in [-0.2, 0) is 6.54 Å². The van der Waals surface area contributed by atoms with Crippen molar-refractivity contribution in [3.05, 3.63) is 112 Å². The molecule has 0 saturated carbocycles. The Labute approximate surface area is 198 Å². The minimum absolute atomic E-state index is 0.231. The van der Waals surface area contributed by atoms with Gasteiger partial charge in [-0.05, 0) is 54.4 Å². The van der Waals surface area contributed by atoms with Gasteiger partial charge in [0.1, 0.15) is 5.75 Å². The number of benzene rings is 3. The number of urea groups is 1. The van der Waals surface area contributed by atoms with Crippen LogP contribution >= 0.6 is 11.6 Å². The van der Waals surface area contributed by atoms with Gasteiger partial charge in [0.25, 0.3) is 0 Å². The molecule has 1 aliphatic heterocycles. The fourth-order valence-electron chi connectivity index (χ4n) is 4.40. The highest BCUT2D eigenvalue weighted by Crippen LogP contribution is 2.37. The summed E-state index contributed by atoms with van der Waals surface area (Å²) in [7, 11) is 1.57. The molecular weight excluding hydrogens is 434 g/mol. The van der Waals surface area contributed by atoms with Gasteiger partial charge in [-0.15, -0.1) is 0 Å². The van der Waals surface area contributed by atoms with E-state index in [1.165, 1.54) is 5.56 Å². The Morgan fingerprint density at radius 2 is 1.82 bits per heavy atom. The lowest BCUT2D eigenvalue weighted by Crippen LogP contribution is -2.38. The van der Waals surface area contributed by atoms with Crippen molar-refractivity contribution in [2.45, 2.75) is 19.5 Å². The molecule has 5 nitrogen and oxygen atoms in total. The summed E-state index contributed by atoms with van der Waals surface area (Å²) in [5.74, 6) is 0.554. The van der Waals surface area contributed by atoms with E-state index in [4.69, 9.17) is 16.3 Å². The first-order valence-electron chi connectivity index (χ1n) is 10.8. The van der Waals surface area contributed by atoms with E-state index >= 15 is 0 Å². The number of ether oxygens (including phenoxy) is 1. The molecule has 1 aromatic heterocycles. The van der Waals surface area contributed by atoms with Gasteiger partial charge in [0.15, 0.2) is 0 Å². The van der Waals surface area contributed by atoms with Gasteiger partial charge in [0.05, 0.1) is 31.1 Å². The summed E-state index contributed by atoms with van der Waals surface area (Å²) in [6, 6.07) is 25.3. The average Bonchev–Trinajstić information content (AvgIpc) is 3.24. The number of hydrogen-bond acceptors (Lipinski definition) is 2. The molecule has 0 spiro atoms. The van der Waals surface area contributed by atoms with Crippen molar-refractivity contribution in [2.75, 3.05) is 12.4 Å². The molecule has 1 unspecified atom stereocenters. The van der Waals surface area contributed by atoms with Crippen LogP contribution in [0.4, 0.5) is 10.5 Å². The van der Waals surface area contributed by atoms with E-state index < -0.39 is 0 Å². The maximum absolute atomic E-state index is 13.8. The van der Waals surface area contributed by atoms with Crippen LogP contribution in [0.25, 0.3) is 5.69 Å². The molecule has 0 radical (unpaired) electrons. The number of amides is 2. The molecular formula is C27H24ClN3O2. The van der Waals surface area contributed by atoms with Crippen LogP contribution in [0.3, 0.4) is 0 Å². The summed E-state index contributed by atoms with van der Waals surface area (Å²) in [6.45, 7) is 2.51. The monoisotopic (exact) mass is 457 g/mol. The number of rotatable bonds is 3. The molecule has 3 aromatic carbocycles. The molecule has 4 aromatic rings. The summed E-state index contributed by atoms with van der Waals surface area (Å²) in [4.78, 5) is 15.7. The fraction of sp³-hybridized carbons (Fsp3) is 0.148. The number of nitrogens with zero attached hydrogens (tertiary/aromatic N) is 2. The van der Waals surface area contributed by atoms with Crippen LogP contribution in [0.5, 0.6) is 5.75 Å². The lowest BCUT2D eigenvalue weighted by molar-refractivity contribution is 0.194. The normalized spacial score (nSPS) is 14.8. The average molecular weight is 458 g/mol. The van der Waals surface area contributed by atoms with Crippen LogP contribution in [0.15, 0.2) is 85.1 Å². The van der Waals surface area contributed by atoms with Gasteiger partial charge >= 0.3 is 6.03 Å². The van der Waals surface area contributed by atoms with Crippen molar-refractivity contribution in [3.8, 4) is 11.4 Å². The smallest absolute Gasteiger partial charge is 0.323 e. The number of halogens is 1. The zero-order valence-electron chi connectivity index (χ0n) is 18.5. The lowest BCUT2D eigenvalue weighted by Gasteiger charge is -2.31. The van der Waals surface area contributed by atoms with E-state index in [9.17, 15) is 4.79 Å². The first-order chi connectivity index (χ1) is 16.0. The highest BCUT2D eigenvalue weighted by atomic mass is 35.5. The fourth-order valence-corrected chi connectivity index (χ4v) is 4.58. The number of nitrogens with one attached hydrogen (secondary N) is 1. The van der Waals surface area contributed by atoms with Gasteiger partial charge in [-0.25, -0.2) is 4.79 Å². The second-order valence-corrected chi connectivity index (χ2v) is 8.58. The Morgan fingerprint density at radius 3 is 2.61 bits per heavy atom. The van der Waals surface area contributed by atoms with Crippen molar-refractivity contribution in [1.29, 1.82) is 0 Å². The molecule has 1 aliphatic rings. The number of hydrogen-bond donors (Lipinski definition) is 1. The van der Waals surface area contributed by atoms with Crippen LogP contribution in [0.1, 0.15) is 28.4 Å². The van der Waals surface area contributed by atoms with Crippen molar-refractivity contribution in [3.63, 3.8) is 0 Å². The molecule has 0 fully saturated rings. The quantitative estimate of drug-likeness (QED) is 0.377. The number of aromatic nitrogens is 1. The first kappa shape index (κ1) is 21.2. The lowest BCUT2D eigenvalue weighted by atomic mass is 10.0. The highest BCUT2D eigenvalue weighted by molar-refractivity contribution is 6.31. The zero-order chi connectivity index (χ0) is 22.9. The van der Waals surface area contributed by atoms with E-state index in [-0.39, 0.29) is 12.1 Å². The van der Waals surface area contributed by atoms with Crippen LogP contribution < -0.4 is 10.1 Å². The Balaban J connectivity index is 1.63. The van der Waals surface area contributed by atoms with Gasteiger partial charge in [0, 0.05) is 16.9 Å². The van der Waals surface area contributed by atoms with Crippen molar-refractivity contribution in [2.24, 2.45) is 0 Å². The summed E-state index contributed by atoms with van der Waals surface area (Å²) in [6.07, 6.45) is 2.05. The predicted octanol–water partition coefficient (Wildman–Crippen LogP) is 6.58. The van der Waals surface area contributed by atoms with E-state index in [0.717, 1.165) is 22.5 Å². The largest absolute Gasteiger partial charge is 0.495 e. The molecule has 33 heavy (non-hydrogen) atoms. The van der Waals surface area contributed by atoms with Gasteiger partial charge in [-0.1, -0.05) is 59.6 Å². The second-order valence-electron chi connectivity index (χ2n) is 8.15. The minimum Gasteiger partial charge on any atom is -0.495 e. The molecule has 166 valence electrons. The summed E-state index contributed by atoms with van der Waals surface area (Å²) < 4.78 is 7.62. The highest BCUT2D eigenvalue weighted by Gasteiger charge is 2.33. The third kappa shape index (κ3) is 3.96. The van der Waals surface area contributed by atoms with Crippen molar-refractivity contribution in [1.82, 2.24) is 9.47 Å². The molecule has 0 saturated heterocycles. The van der Waals surface area contributed by atoms with Gasteiger partial charge in [-0.3, -0.25) is 0 Å². The zero-order valence-corrected chi connectivity index (χ0v) is 19.2. The minimum atomic E-state index is -0.279. The Morgan fingerprint density at radius 1 is 1.03 bits per heavy atom. The van der Waals surface area contributed by atoms with E-state index in [1.807, 2.05) is 23.1 Å². The van der Waals surface area contributed by atoms with Crippen LogP contribution in [-0.4, -0.2) is 22.6 Å². The molecule has 0 bridgehead atoms. The van der Waals surface area contributed by atoms with E-state index in [0.29, 0.717) is 23.0 Å². The number of methoxy groups -OCH3 is 1. The van der Waals surface area contributed by atoms with Crippen LogP contribution in [0.2, 0.25) is 5.02 Å². The van der Waals surface area contributed by atoms with Gasteiger partial charge in [0.2, 0.25) is 0 Å². The number of carbonyl (C=O) groups is 1. The Kier molecular flexibility index (Phi) is 5.56. The van der Waals surface area contributed by atoms with Crippen molar-refractivity contribution >= 4 is 23.3 Å². The summed E-state index contributed by atoms with van der Waals surface area (Å²) in [5, 5.41) is 3.56. The molecule has 0 aliphatic carbocycles. The molecule has 1 N–H and O–H groups in total. The molecule has 2 amide bonds. The molecule has 5 rings (SSSR count). The number of carbonyl (C=O) groups excluding carboxylic acids is 1. The standard InChI is InChI=1S/C27H24ClN3O2/c1-18-9-11-19(12-10-18)26-24-8-5-15-30(24)23-7-4-3-6-20(23)17-31(26)27(32)29-22-16-21(28)13-14-25(22)33-2/h3-16,26H,17H2,1-2H3,(H,29,32). The van der Waals surface area contributed by atoms with E-state index in [2.05, 4.69) is 65.5 Å². The number of aryl methyl sites for hydroxylation is 1. The topological polar surface area (TPSA) is 46.5 Å². The molecule has 2 heterocycles. The number of anilines is 1. The SMILES string of the molecule is COc1ccc(Cl)cc1NC(=O)N1Cc2ccccc2-n2cccc2C1c1ccc(C)cc1. The summed E-state index contributed by atoms with van der Waals surface area (Å²) >= 11 is 6.20. The van der Waals surface area contributed by atoms with Crippen LogP contribution in [0, 0.1) is 6.92 Å². The number of para-hydroxylation sites is 1. The van der Waals surface area contributed by atoms with E-state index in [1.54, 1.807) is 25.3 Å². The maximum atomic E-state index is 13.8. The molecule has 6 heteroatoms. The van der Waals surface area contributed by atoms with Gasteiger partial charge < -0.3 is 19.5 Å². The second kappa shape index (κ2) is 8.68.